The van der Waals surface area contributed by atoms with E-state index < -0.39 is 0 Å². The van der Waals surface area contributed by atoms with Gasteiger partial charge < -0.3 is 15.0 Å². The monoisotopic (exact) mass is 375 g/mol. The Bertz CT molecular complexity index is 985. The quantitative estimate of drug-likeness (QED) is 0.760. The Balaban J connectivity index is 1.43. The molecule has 1 atom stereocenters. The van der Waals surface area contributed by atoms with Crippen molar-refractivity contribution < 1.29 is 9.53 Å². The molecular formula is C23H25N3O2. The summed E-state index contributed by atoms with van der Waals surface area (Å²) in [6.07, 6.45) is 0.0526. The Morgan fingerprint density at radius 2 is 1.93 bits per heavy atom. The van der Waals surface area contributed by atoms with E-state index >= 15 is 0 Å². The lowest BCUT2D eigenvalue weighted by Gasteiger charge is -2.30. The van der Waals surface area contributed by atoms with Crippen molar-refractivity contribution >= 4 is 16.8 Å². The molecule has 5 nitrogen and oxygen atoms in total. The summed E-state index contributed by atoms with van der Waals surface area (Å²) >= 11 is 0. The number of nitrogens with one attached hydrogen (secondary N) is 1. The molecule has 3 aromatic rings. The molecule has 2 aromatic carbocycles. The van der Waals surface area contributed by atoms with Crippen molar-refractivity contribution in [2.75, 3.05) is 33.3 Å². The fourth-order valence-electron chi connectivity index (χ4n) is 3.52. The number of carbonyl (C=O) groups is 1. The molecule has 144 valence electrons. The van der Waals surface area contributed by atoms with Crippen LogP contribution in [0.25, 0.3) is 22.0 Å². The van der Waals surface area contributed by atoms with Gasteiger partial charge in [-0.3, -0.25) is 9.78 Å². The molecule has 0 radical (unpaired) electrons. The molecule has 0 saturated carbocycles. The Hall–Kier alpha value is -2.76. The van der Waals surface area contributed by atoms with E-state index in [-0.39, 0.29) is 12.0 Å². The lowest BCUT2D eigenvalue weighted by molar-refractivity contribution is -0.0175. The fourth-order valence-corrected chi connectivity index (χ4v) is 3.52. The van der Waals surface area contributed by atoms with Crippen LogP contribution in [-0.2, 0) is 4.74 Å². The van der Waals surface area contributed by atoms with Gasteiger partial charge >= 0.3 is 0 Å². The number of rotatable bonds is 4. The molecule has 1 amide bonds. The van der Waals surface area contributed by atoms with Gasteiger partial charge in [0.25, 0.3) is 5.91 Å². The molecule has 1 aromatic heterocycles. The summed E-state index contributed by atoms with van der Waals surface area (Å²) in [4.78, 5) is 19.2. The minimum absolute atomic E-state index is 0.0526. The lowest BCUT2D eigenvalue weighted by Crippen LogP contribution is -2.45. The molecule has 4 rings (SSSR count). The molecule has 0 bridgehead atoms. The summed E-state index contributed by atoms with van der Waals surface area (Å²) in [5.74, 6) is -0.0680. The third kappa shape index (κ3) is 4.21. The van der Waals surface area contributed by atoms with E-state index in [0.29, 0.717) is 18.7 Å². The highest BCUT2D eigenvalue weighted by Gasteiger charge is 2.18. The van der Waals surface area contributed by atoms with Gasteiger partial charge in [-0.25, -0.2) is 0 Å². The van der Waals surface area contributed by atoms with Crippen molar-refractivity contribution in [1.29, 1.82) is 0 Å². The molecule has 0 aliphatic carbocycles. The maximum absolute atomic E-state index is 12.4. The highest BCUT2D eigenvalue weighted by atomic mass is 16.5. The van der Waals surface area contributed by atoms with E-state index in [1.807, 2.05) is 43.3 Å². The van der Waals surface area contributed by atoms with Crippen molar-refractivity contribution in [1.82, 2.24) is 15.2 Å². The zero-order valence-corrected chi connectivity index (χ0v) is 16.3. The highest BCUT2D eigenvalue weighted by molar-refractivity contribution is 5.95. The number of benzene rings is 2. The number of aromatic nitrogens is 1. The summed E-state index contributed by atoms with van der Waals surface area (Å²) in [5.41, 5.74) is 4.86. The van der Waals surface area contributed by atoms with Crippen LogP contribution in [0.3, 0.4) is 0 Å². The Labute approximate surface area is 165 Å². The Kier molecular flexibility index (Phi) is 5.37. The van der Waals surface area contributed by atoms with Crippen LogP contribution in [0.5, 0.6) is 0 Å². The van der Waals surface area contributed by atoms with E-state index in [0.717, 1.165) is 40.8 Å². The number of aryl methyl sites for hydroxylation is 1. The highest BCUT2D eigenvalue weighted by Crippen LogP contribution is 2.24. The summed E-state index contributed by atoms with van der Waals surface area (Å²) in [7, 11) is 2.07. The van der Waals surface area contributed by atoms with E-state index in [4.69, 9.17) is 4.74 Å². The van der Waals surface area contributed by atoms with E-state index in [9.17, 15) is 4.79 Å². The summed E-state index contributed by atoms with van der Waals surface area (Å²) in [5, 5.41) is 4.09. The van der Waals surface area contributed by atoms with Gasteiger partial charge in [0.05, 0.1) is 18.2 Å². The van der Waals surface area contributed by atoms with Crippen LogP contribution in [0.15, 0.2) is 54.6 Å². The number of ether oxygens (including phenoxy) is 1. The molecule has 1 aliphatic heterocycles. The molecule has 0 spiro atoms. The summed E-state index contributed by atoms with van der Waals surface area (Å²) < 4.78 is 5.69. The van der Waals surface area contributed by atoms with Crippen molar-refractivity contribution in [3.05, 3.63) is 65.9 Å². The molecule has 28 heavy (non-hydrogen) atoms. The fraction of sp³-hybridized carbons (Fsp3) is 0.304. The zero-order chi connectivity index (χ0) is 19.5. The average Bonchev–Trinajstić information content (AvgIpc) is 2.72. The van der Waals surface area contributed by atoms with Gasteiger partial charge in [0.15, 0.2) is 0 Å². The first-order valence-corrected chi connectivity index (χ1v) is 9.65. The van der Waals surface area contributed by atoms with Crippen LogP contribution in [0.2, 0.25) is 0 Å². The first-order chi connectivity index (χ1) is 13.6. The maximum Gasteiger partial charge on any atom is 0.251 e. The van der Waals surface area contributed by atoms with Crippen LogP contribution in [0, 0.1) is 6.92 Å². The largest absolute Gasteiger partial charge is 0.374 e. The number of hydrogen-bond donors (Lipinski definition) is 1. The minimum atomic E-state index is -0.0680. The summed E-state index contributed by atoms with van der Waals surface area (Å²) in [6, 6.07) is 18.1. The van der Waals surface area contributed by atoms with Crippen LogP contribution in [-0.4, -0.2) is 55.2 Å². The zero-order valence-electron chi connectivity index (χ0n) is 16.3. The number of carbonyl (C=O) groups excluding carboxylic acids is 1. The topological polar surface area (TPSA) is 54.5 Å². The molecule has 0 unspecified atom stereocenters. The number of nitrogens with zero attached hydrogens (tertiary/aromatic N) is 2. The minimum Gasteiger partial charge on any atom is -0.374 e. The molecule has 5 heteroatoms. The van der Waals surface area contributed by atoms with E-state index in [1.54, 1.807) is 0 Å². The molecular weight excluding hydrogens is 350 g/mol. The van der Waals surface area contributed by atoms with Gasteiger partial charge in [-0.05, 0) is 55.4 Å². The van der Waals surface area contributed by atoms with Crippen LogP contribution in [0.1, 0.15) is 16.1 Å². The van der Waals surface area contributed by atoms with Gasteiger partial charge in [-0.1, -0.05) is 24.3 Å². The third-order valence-corrected chi connectivity index (χ3v) is 5.14. The van der Waals surface area contributed by atoms with Crippen LogP contribution < -0.4 is 5.32 Å². The second kappa shape index (κ2) is 8.09. The summed E-state index contributed by atoms with van der Waals surface area (Å²) in [6.45, 7) is 5.02. The first-order valence-electron chi connectivity index (χ1n) is 9.65. The third-order valence-electron chi connectivity index (χ3n) is 5.14. The smallest absolute Gasteiger partial charge is 0.251 e. The number of fused-ring (bicyclic) bond motifs is 1. The van der Waals surface area contributed by atoms with E-state index in [1.165, 1.54) is 0 Å². The van der Waals surface area contributed by atoms with Crippen molar-refractivity contribution in [3.63, 3.8) is 0 Å². The van der Waals surface area contributed by atoms with Gasteiger partial charge in [-0.15, -0.1) is 0 Å². The van der Waals surface area contributed by atoms with Crippen LogP contribution in [0.4, 0.5) is 0 Å². The predicted molar refractivity (Wildman–Crippen MR) is 111 cm³/mol. The van der Waals surface area contributed by atoms with Crippen molar-refractivity contribution in [2.45, 2.75) is 13.0 Å². The number of likely N-dealkylation sites (N-methyl/N-ethyl adjacent to an activating group) is 1. The molecule has 1 aliphatic rings. The molecule has 2 heterocycles. The molecule has 1 N–H and O–H groups in total. The van der Waals surface area contributed by atoms with Crippen LogP contribution >= 0.6 is 0 Å². The van der Waals surface area contributed by atoms with Crippen molar-refractivity contribution in [3.8, 4) is 11.1 Å². The second-order valence-electron chi connectivity index (χ2n) is 7.40. The Morgan fingerprint density at radius 3 is 2.71 bits per heavy atom. The molecule has 1 fully saturated rings. The van der Waals surface area contributed by atoms with Gasteiger partial charge in [0.2, 0.25) is 0 Å². The van der Waals surface area contributed by atoms with Gasteiger partial charge in [-0.2, -0.15) is 0 Å². The Morgan fingerprint density at radius 1 is 1.14 bits per heavy atom. The SMILES string of the molecule is Cc1ccc2cc(-c3ccc(C(=O)NC[C@@H]4CN(C)CCO4)cc3)ccc2n1. The first kappa shape index (κ1) is 18.6. The normalized spacial score (nSPS) is 17.6. The molecule has 1 saturated heterocycles. The lowest BCUT2D eigenvalue weighted by atomic mass is 10.0. The van der Waals surface area contributed by atoms with Crippen molar-refractivity contribution in [2.24, 2.45) is 0 Å². The number of hydrogen-bond acceptors (Lipinski definition) is 4. The number of morpholine rings is 1. The average molecular weight is 375 g/mol. The van der Waals surface area contributed by atoms with E-state index in [2.05, 4.69) is 40.4 Å². The predicted octanol–water partition coefficient (Wildman–Crippen LogP) is 3.27. The number of amides is 1. The van der Waals surface area contributed by atoms with Gasteiger partial charge in [0.1, 0.15) is 0 Å². The second-order valence-corrected chi connectivity index (χ2v) is 7.40. The number of pyridine rings is 1. The standard InChI is InChI=1S/C23H25N3O2/c1-16-3-4-20-13-19(9-10-22(20)25-16)17-5-7-18(8-6-17)23(27)24-14-21-15-26(2)11-12-28-21/h3-10,13,21H,11-12,14-15H2,1-2H3,(H,24,27)/t21-/m1/s1. The maximum atomic E-state index is 12.4. The van der Waals surface area contributed by atoms with Gasteiger partial charge in [0, 0.05) is 36.3 Å².